The van der Waals surface area contributed by atoms with Gasteiger partial charge in [-0.15, -0.1) is 0 Å². The van der Waals surface area contributed by atoms with Crippen molar-refractivity contribution in [2.45, 2.75) is 6.61 Å². The lowest BCUT2D eigenvalue weighted by atomic mass is 10.1. The van der Waals surface area contributed by atoms with Gasteiger partial charge in [-0.3, -0.25) is 9.69 Å². The summed E-state index contributed by atoms with van der Waals surface area (Å²) in [5.41, 5.74) is 1.43. The van der Waals surface area contributed by atoms with Gasteiger partial charge >= 0.3 is 0 Å². The number of amides is 1. The van der Waals surface area contributed by atoms with Gasteiger partial charge in [-0.25, -0.2) is 8.78 Å². The van der Waals surface area contributed by atoms with E-state index in [0.717, 1.165) is 16.2 Å². The highest BCUT2D eigenvalue weighted by molar-refractivity contribution is 9.10. The average molecular weight is 518 g/mol. The van der Waals surface area contributed by atoms with Gasteiger partial charge in [-0.1, -0.05) is 64.2 Å². The van der Waals surface area contributed by atoms with Gasteiger partial charge in [-0.2, -0.15) is 0 Å². The van der Waals surface area contributed by atoms with E-state index < -0.39 is 5.82 Å². The van der Waals surface area contributed by atoms with Crippen LogP contribution >= 0.6 is 39.9 Å². The summed E-state index contributed by atoms with van der Waals surface area (Å²) in [5.74, 6) is -0.661. The average Bonchev–Trinajstić information content (AvgIpc) is 3.01. The quantitative estimate of drug-likeness (QED) is 0.277. The van der Waals surface area contributed by atoms with Crippen LogP contribution in [0.5, 0.6) is 5.75 Å². The molecule has 0 bridgehead atoms. The van der Waals surface area contributed by atoms with Gasteiger partial charge in [0.25, 0.3) is 5.91 Å². The maximum Gasteiger partial charge on any atom is 0.270 e. The molecule has 1 fully saturated rings. The molecule has 156 valence electrons. The molecule has 0 atom stereocenters. The number of hydrogen-bond donors (Lipinski definition) is 0. The Morgan fingerprint density at radius 2 is 1.87 bits per heavy atom. The Hall–Kier alpha value is -2.55. The van der Waals surface area contributed by atoms with Crippen molar-refractivity contribution in [2.24, 2.45) is 0 Å². The molecule has 0 radical (unpaired) electrons. The van der Waals surface area contributed by atoms with Crippen LogP contribution in [0.3, 0.4) is 0 Å². The number of hydrogen-bond acceptors (Lipinski definition) is 4. The minimum atomic E-state index is -0.452. The molecule has 3 nitrogen and oxygen atoms in total. The molecule has 31 heavy (non-hydrogen) atoms. The Bertz CT molecular complexity index is 1220. The predicted octanol–water partition coefficient (Wildman–Crippen LogP) is 6.71. The first-order valence-electron chi connectivity index (χ1n) is 9.11. The maximum atomic E-state index is 13.9. The maximum absolute atomic E-state index is 13.9. The molecule has 1 heterocycles. The lowest BCUT2D eigenvalue weighted by molar-refractivity contribution is -0.113. The van der Waals surface area contributed by atoms with Gasteiger partial charge in [0.05, 0.1) is 10.6 Å². The molecule has 4 rings (SSSR count). The topological polar surface area (TPSA) is 29.5 Å². The largest absolute Gasteiger partial charge is 0.488 e. The number of benzene rings is 3. The number of halogens is 3. The van der Waals surface area contributed by atoms with E-state index in [-0.39, 0.29) is 18.3 Å². The third-order valence-electron chi connectivity index (χ3n) is 4.46. The highest BCUT2D eigenvalue weighted by atomic mass is 79.9. The number of rotatable bonds is 5. The summed E-state index contributed by atoms with van der Waals surface area (Å²) >= 11 is 9.89. The fraction of sp³-hybridized carbons (Fsp3) is 0.0435. The Balaban J connectivity index is 1.62. The Morgan fingerprint density at radius 3 is 2.65 bits per heavy atom. The number of nitrogens with zero attached hydrogens (tertiary/aromatic N) is 1. The van der Waals surface area contributed by atoms with Crippen LogP contribution in [0.4, 0.5) is 14.5 Å². The van der Waals surface area contributed by atoms with Crippen LogP contribution in [0, 0.1) is 11.6 Å². The summed E-state index contributed by atoms with van der Waals surface area (Å²) in [4.78, 5) is 14.7. The first kappa shape index (κ1) is 21.7. The van der Waals surface area contributed by atoms with Crippen LogP contribution in [0.2, 0.25) is 0 Å². The Labute approximate surface area is 195 Å². The van der Waals surface area contributed by atoms with E-state index in [1.807, 2.05) is 0 Å². The molecule has 1 aliphatic heterocycles. The standard InChI is InChI=1S/C23H14BrF2NO2S2/c24-16-8-9-20(29-13-14-4-1-2-7-19(14)26)15(10-16)11-21-22(28)27(23(30)31-21)18-6-3-5-17(25)12-18/h1-12H,13H2/b21-11+. The fourth-order valence-electron chi connectivity index (χ4n) is 2.98. The van der Waals surface area contributed by atoms with Crippen molar-refractivity contribution >= 4 is 61.9 Å². The van der Waals surface area contributed by atoms with E-state index in [9.17, 15) is 13.6 Å². The Morgan fingerprint density at radius 1 is 1.06 bits per heavy atom. The number of thiocarbonyl (C=S) groups is 1. The molecule has 3 aromatic rings. The Kier molecular flexibility index (Phi) is 6.50. The molecule has 1 aliphatic rings. The lowest BCUT2D eigenvalue weighted by Gasteiger charge is -2.14. The minimum Gasteiger partial charge on any atom is -0.488 e. The molecule has 0 aliphatic carbocycles. The highest BCUT2D eigenvalue weighted by Crippen LogP contribution is 2.38. The van der Waals surface area contributed by atoms with Crippen LogP contribution < -0.4 is 9.64 Å². The zero-order valence-corrected chi connectivity index (χ0v) is 19.1. The number of anilines is 1. The number of ether oxygens (including phenoxy) is 1. The smallest absolute Gasteiger partial charge is 0.270 e. The predicted molar refractivity (Wildman–Crippen MR) is 127 cm³/mol. The summed E-state index contributed by atoms with van der Waals surface area (Å²) < 4.78 is 34.5. The van der Waals surface area contributed by atoms with E-state index in [0.29, 0.717) is 31.8 Å². The van der Waals surface area contributed by atoms with Crippen molar-refractivity contribution in [1.82, 2.24) is 0 Å². The zero-order chi connectivity index (χ0) is 22.0. The molecular formula is C23H14BrF2NO2S2. The monoisotopic (exact) mass is 517 g/mol. The van der Waals surface area contributed by atoms with E-state index >= 15 is 0 Å². The molecule has 8 heteroatoms. The van der Waals surface area contributed by atoms with Gasteiger partial charge in [0.15, 0.2) is 4.32 Å². The first-order valence-corrected chi connectivity index (χ1v) is 11.1. The van der Waals surface area contributed by atoms with Crippen molar-refractivity contribution in [3.63, 3.8) is 0 Å². The van der Waals surface area contributed by atoms with Crippen molar-refractivity contribution in [2.75, 3.05) is 4.90 Å². The van der Waals surface area contributed by atoms with Gasteiger partial charge in [0.1, 0.15) is 24.0 Å². The third kappa shape index (κ3) is 4.87. The minimum absolute atomic E-state index is 0.0411. The van der Waals surface area contributed by atoms with Gasteiger partial charge in [0, 0.05) is 15.6 Å². The van der Waals surface area contributed by atoms with Crippen molar-refractivity contribution in [3.05, 3.63) is 98.9 Å². The summed E-state index contributed by atoms with van der Waals surface area (Å²) in [5, 5.41) is 0. The second-order valence-corrected chi connectivity index (χ2v) is 9.15. The van der Waals surface area contributed by atoms with E-state index in [4.69, 9.17) is 17.0 Å². The summed E-state index contributed by atoms with van der Waals surface area (Å²) in [7, 11) is 0. The van der Waals surface area contributed by atoms with Crippen LogP contribution in [-0.4, -0.2) is 10.2 Å². The van der Waals surface area contributed by atoms with Crippen LogP contribution in [0.25, 0.3) is 6.08 Å². The third-order valence-corrected chi connectivity index (χ3v) is 6.25. The number of thioether (sulfide) groups is 1. The molecule has 0 unspecified atom stereocenters. The van der Waals surface area contributed by atoms with E-state index in [1.165, 1.54) is 29.2 Å². The summed E-state index contributed by atoms with van der Waals surface area (Å²) in [6.07, 6.45) is 1.67. The fourth-order valence-corrected chi connectivity index (χ4v) is 4.65. The lowest BCUT2D eigenvalue weighted by Crippen LogP contribution is -2.27. The van der Waals surface area contributed by atoms with Gasteiger partial charge < -0.3 is 4.74 Å². The van der Waals surface area contributed by atoms with Crippen molar-refractivity contribution in [3.8, 4) is 5.75 Å². The van der Waals surface area contributed by atoms with Crippen LogP contribution in [0.1, 0.15) is 11.1 Å². The molecule has 1 saturated heterocycles. The van der Waals surface area contributed by atoms with Crippen molar-refractivity contribution in [1.29, 1.82) is 0 Å². The van der Waals surface area contributed by atoms with Gasteiger partial charge in [0.2, 0.25) is 0 Å². The normalized spacial score (nSPS) is 15.1. The van der Waals surface area contributed by atoms with Crippen LogP contribution in [0.15, 0.2) is 76.1 Å². The summed E-state index contributed by atoms with van der Waals surface area (Å²) in [6, 6.07) is 17.4. The molecule has 0 spiro atoms. The molecule has 0 N–H and O–H groups in total. The molecule has 0 saturated carbocycles. The molecular weight excluding hydrogens is 504 g/mol. The zero-order valence-electron chi connectivity index (χ0n) is 15.8. The second-order valence-electron chi connectivity index (χ2n) is 6.56. The SMILES string of the molecule is O=C1/C(=C\c2cc(Br)ccc2OCc2ccccc2F)SC(=S)N1c1cccc(F)c1. The molecule has 0 aromatic heterocycles. The van der Waals surface area contributed by atoms with E-state index in [1.54, 1.807) is 48.5 Å². The summed E-state index contributed by atoms with van der Waals surface area (Å²) in [6.45, 7) is 0.0411. The molecule has 1 amide bonds. The number of carbonyl (C=O) groups excluding carboxylic acids is 1. The van der Waals surface area contributed by atoms with Crippen molar-refractivity contribution < 1.29 is 18.3 Å². The number of carbonyl (C=O) groups is 1. The first-order chi connectivity index (χ1) is 14.9. The molecule has 3 aromatic carbocycles. The second kappa shape index (κ2) is 9.30. The van der Waals surface area contributed by atoms with E-state index in [2.05, 4.69) is 15.9 Å². The van der Waals surface area contributed by atoms with Gasteiger partial charge in [-0.05, 0) is 48.5 Å². The van der Waals surface area contributed by atoms with Crippen LogP contribution in [-0.2, 0) is 11.4 Å². The highest BCUT2D eigenvalue weighted by Gasteiger charge is 2.33.